The van der Waals surface area contributed by atoms with E-state index in [1.165, 1.54) is 6.42 Å². The zero-order chi connectivity index (χ0) is 16.2. The molecule has 23 heavy (non-hydrogen) atoms. The molecule has 3 heterocycles. The van der Waals surface area contributed by atoms with E-state index in [0.29, 0.717) is 18.5 Å². The molecule has 0 amide bonds. The Morgan fingerprint density at radius 1 is 1.43 bits per heavy atom. The third kappa shape index (κ3) is 3.85. The van der Waals surface area contributed by atoms with Crippen LogP contribution in [0.2, 0.25) is 0 Å². The van der Waals surface area contributed by atoms with Crippen LogP contribution in [-0.2, 0) is 6.54 Å². The monoisotopic (exact) mass is 316 g/mol. The van der Waals surface area contributed by atoms with Gasteiger partial charge >= 0.3 is 0 Å². The number of piperidine rings is 1. The molecule has 0 N–H and O–H groups in total. The lowest BCUT2D eigenvalue weighted by Crippen LogP contribution is -2.46. The summed E-state index contributed by atoms with van der Waals surface area (Å²) < 4.78 is 5.29. The van der Waals surface area contributed by atoms with E-state index in [1.807, 2.05) is 12.1 Å². The van der Waals surface area contributed by atoms with Gasteiger partial charge in [-0.15, -0.1) is 5.10 Å². The highest BCUT2D eigenvalue weighted by Gasteiger charge is 2.25. The van der Waals surface area contributed by atoms with E-state index in [2.05, 4.69) is 51.0 Å². The van der Waals surface area contributed by atoms with Crippen molar-refractivity contribution < 1.29 is 4.52 Å². The lowest BCUT2D eigenvalue weighted by molar-refractivity contribution is 0.200. The van der Waals surface area contributed by atoms with Gasteiger partial charge in [0.15, 0.2) is 11.6 Å². The summed E-state index contributed by atoms with van der Waals surface area (Å²) in [5.74, 6) is 2.68. The summed E-state index contributed by atoms with van der Waals surface area (Å²) in [5, 5.41) is 12.3. The highest BCUT2D eigenvalue weighted by atomic mass is 16.5. The van der Waals surface area contributed by atoms with Crippen LogP contribution in [0.15, 0.2) is 22.9 Å². The van der Waals surface area contributed by atoms with Crippen LogP contribution in [0.3, 0.4) is 0 Å². The molecule has 0 saturated carbocycles. The first-order valence-electron chi connectivity index (χ1n) is 8.19. The fraction of sp³-hybridized carbons (Fsp3) is 0.625. The van der Waals surface area contributed by atoms with Gasteiger partial charge in [0.05, 0.1) is 6.54 Å². The summed E-state index contributed by atoms with van der Waals surface area (Å²) in [5.41, 5.74) is 0. The fourth-order valence-corrected chi connectivity index (χ4v) is 2.90. The summed E-state index contributed by atoms with van der Waals surface area (Å²) in [6, 6.07) is 4.40. The number of nitrogens with zero attached hydrogens (tertiary/aromatic N) is 6. The first kappa shape index (κ1) is 15.9. The predicted octanol–water partition coefficient (Wildman–Crippen LogP) is 2.08. The standard InChI is InChI=1S/C16H24N6O/c1-12(2)16-18-14(20-23-16)11-21(3)13-6-5-9-22(10-13)15-7-4-8-17-19-15/h4,7-8,12-13H,5-6,9-11H2,1-3H3/t13-/m1/s1. The largest absolute Gasteiger partial charge is 0.354 e. The van der Waals surface area contributed by atoms with Crippen molar-refractivity contribution in [2.24, 2.45) is 0 Å². The molecule has 0 bridgehead atoms. The second-order valence-corrected chi connectivity index (χ2v) is 6.44. The SMILES string of the molecule is CC(C)c1nc(CN(C)[C@@H]2CCCN(c3cccnn3)C2)no1. The van der Waals surface area contributed by atoms with Gasteiger partial charge in [0, 0.05) is 31.2 Å². The summed E-state index contributed by atoms with van der Waals surface area (Å²) in [7, 11) is 2.12. The van der Waals surface area contributed by atoms with Gasteiger partial charge in [-0.2, -0.15) is 10.1 Å². The minimum Gasteiger partial charge on any atom is -0.354 e. The average Bonchev–Trinajstić information content (AvgIpc) is 3.04. The van der Waals surface area contributed by atoms with Crippen molar-refractivity contribution in [3.63, 3.8) is 0 Å². The van der Waals surface area contributed by atoms with Crippen molar-refractivity contribution in [1.82, 2.24) is 25.2 Å². The summed E-state index contributed by atoms with van der Waals surface area (Å²) in [4.78, 5) is 9.07. The maximum absolute atomic E-state index is 5.29. The Labute approximate surface area is 136 Å². The molecule has 7 heteroatoms. The Morgan fingerprint density at radius 2 is 2.30 bits per heavy atom. The zero-order valence-electron chi connectivity index (χ0n) is 14.0. The van der Waals surface area contributed by atoms with Gasteiger partial charge in [-0.25, -0.2) is 0 Å². The van der Waals surface area contributed by atoms with Gasteiger partial charge in [0.2, 0.25) is 5.89 Å². The van der Waals surface area contributed by atoms with Gasteiger partial charge in [-0.05, 0) is 32.0 Å². The van der Waals surface area contributed by atoms with Gasteiger partial charge in [-0.1, -0.05) is 19.0 Å². The van der Waals surface area contributed by atoms with Crippen LogP contribution in [0.4, 0.5) is 5.82 Å². The van der Waals surface area contributed by atoms with E-state index in [9.17, 15) is 0 Å². The molecular formula is C16H24N6O. The van der Waals surface area contributed by atoms with Crippen LogP contribution in [0, 0.1) is 0 Å². The molecule has 1 fully saturated rings. The number of anilines is 1. The molecule has 1 aliphatic rings. The Morgan fingerprint density at radius 3 is 3.00 bits per heavy atom. The van der Waals surface area contributed by atoms with Crippen molar-refractivity contribution in [3.8, 4) is 0 Å². The molecule has 124 valence electrons. The quantitative estimate of drug-likeness (QED) is 0.836. The summed E-state index contributed by atoms with van der Waals surface area (Å²) >= 11 is 0. The van der Waals surface area contributed by atoms with Crippen molar-refractivity contribution in [2.75, 3.05) is 25.0 Å². The lowest BCUT2D eigenvalue weighted by atomic mass is 10.0. The van der Waals surface area contributed by atoms with E-state index >= 15 is 0 Å². The third-order valence-electron chi connectivity index (χ3n) is 4.27. The zero-order valence-corrected chi connectivity index (χ0v) is 14.0. The van der Waals surface area contributed by atoms with Crippen molar-refractivity contribution in [2.45, 2.75) is 45.2 Å². The number of hydrogen-bond acceptors (Lipinski definition) is 7. The van der Waals surface area contributed by atoms with Crippen LogP contribution in [-0.4, -0.2) is 51.4 Å². The smallest absolute Gasteiger partial charge is 0.229 e. The second-order valence-electron chi connectivity index (χ2n) is 6.44. The van der Waals surface area contributed by atoms with E-state index in [0.717, 1.165) is 31.2 Å². The molecule has 1 saturated heterocycles. The molecule has 2 aromatic rings. The molecular weight excluding hydrogens is 292 g/mol. The maximum Gasteiger partial charge on any atom is 0.229 e. The maximum atomic E-state index is 5.29. The number of likely N-dealkylation sites (N-methyl/N-ethyl adjacent to an activating group) is 1. The first-order chi connectivity index (χ1) is 11.1. The third-order valence-corrected chi connectivity index (χ3v) is 4.27. The van der Waals surface area contributed by atoms with Gasteiger partial charge in [-0.3, -0.25) is 4.90 Å². The molecule has 0 spiro atoms. The molecule has 2 aromatic heterocycles. The second kappa shape index (κ2) is 7.04. The Bertz CT molecular complexity index is 614. The Kier molecular flexibility index (Phi) is 4.85. The van der Waals surface area contributed by atoms with E-state index < -0.39 is 0 Å². The van der Waals surface area contributed by atoms with Crippen molar-refractivity contribution in [3.05, 3.63) is 30.0 Å². The molecule has 0 radical (unpaired) electrons. The lowest BCUT2D eigenvalue weighted by Gasteiger charge is -2.37. The highest BCUT2D eigenvalue weighted by molar-refractivity contribution is 5.37. The topological polar surface area (TPSA) is 71.2 Å². The molecule has 3 rings (SSSR count). The molecule has 7 nitrogen and oxygen atoms in total. The van der Waals surface area contributed by atoms with Gasteiger partial charge in [0.1, 0.15) is 0 Å². The average molecular weight is 316 g/mol. The van der Waals surface area contributed by atoms with Crippen LogP contribution < -0.4 is 4.90 Å². The summed E-state index contributed by atoms with van der Waals surface area (Å²) in [6.07, 6.45) is 4.02. The molecule has 0 aliphatic carbocycles. The summed E-state index contributed by atoms with van der Waals surface area (Å²) in [6.45, 7) is 6.80. The number of hydrogen-bond donors (Lipinski definition) is 0. The van der Waals surface area contributed by atoms with Gasteiger partial charge < -0.3 is 9.42 Å². The predicted molar refractivity (Wildman–Crippen MR) is 87.1 cm³/mol. The minimum atomic E-state index is 0.267. The fourth-order valence-electron chi connectivity index (χ4n) is 2.90. The van der Waals surface area contributed by atoms with Crippen molar-refractivity contribution >= 4 is 5.82 Å². The highest BCUT2D eigenvalue weighted by Crippen LogP contribution is 2.21. The Balaban J connectivity index is 1.61. The normalized spacial score (nSPS) is 18.8. The van der Waals surface area contributed by atoms with Crippen LogP contribution >= 0.6 is 0 Å². The first-order valence-corrected chi connectivity index (χ1v) is 8.19. The van der Waals surface area contributed by atoms with E-state index in [4.69, 9.17) is 4.52 Å². The molecule has 0 aromatic carbocycles. The number of rotatable bonds is 5. The van der Waals surface area contributed by atoms with Crippen molar-refractivity contribution in [1.29, 1.82) is 0 Å². The molecule has 1 atom stereocenters. The van der Waals surface area contributed by atoms with Gasteiger partial charge in [0.25, 0.3) is 0 Å². The van der Waals surface area contributed by atoms with Crippen LogP contribution in [0.5, 0.6) is 0 Å². The van der Waals surface area contributed by atoms with Crippen LogP contribution in [0.1, 0.15) is 44.3 Å². The van der Waals surface area contributed by atoms with E-state index in [-0.39, 0.29) is 5.92 Å². The Hall–Kier alpha value is -2.02. The van der Waals surface area contributed by atoms with Crippen LogP contribution in [0.25, 0.3) is 0 Å². The van der Waals surface area contributed by atoms with E-state index in [1.54, 1.807) is 6.20 Å². The molecule has 0 unspecified atom stereocenters. The number of aromatic nitrogens is 4. The minimum absolute atomic E-state index is 0.267. The molecule has 1 aliphatic heterocycles.